The molecule has 4 heteroatoms. The summed E-state index contributed by atoms with van der Waals surface area (Å²) in [5.41, 5.74) is 0.859. The van der Waals surface area contributed by atoms with Gasteiger partial charge in [0.25, 0.3) is 0 Å². The molecular weight excluding hydrogens is 386 g/mol. The third kappa shape index (κ3) is 3.98. The minimum atomic E-state index is -0.0692. The molecule has 4 nitrogen and oxygen atoms in total. The maximum atomic E-state index is 11.7. The van der Waals surface area contributed by atoms with Crippen molar-refractivity contribution in [2.45, 2.75) is 97.9 Å². The molecule has 0 bridgehead atoms. The first-order valence-corrected chi connectivity index (χ1v) is 13.2. The first kappa shape index (κ1) is 23.5. The highest BCUT2D eigenvalue weighted by Gasteiger charge is 2.62. The van der Waals surface area contributed by atoms with Crippen molar-refractivity contribution in [2.24, 2.45) is 52.3 Å². The number of hydrogen-bond donors (Lipinski definition) is 2. The van der Waals surface area contributed by atoms with Crippen molar-refractivity contribution >= 4 is 5.97 Å². The average molecular weight is 434 g/mol. The molecule has 0 saturated heterocycles. The third-order valence-corrected chi connectivity index (χ3v) is 11.1. The molecule has 0 aromatic heterocycles. The standard InChI is InChI=1S/C27H47NO3/c1-17-10-12-26(3)19(14-17)15-23(28-16-29)25-21-8-7-20(18(2)6-9-24(30)31-5)27(21,4)13-11-22(25)26/h17-23,25,28-29H,6-16H2,1-5H3. The van der Waals surface area contributed by atoms with Crippen molar-refractivity contribution in [3.63, 3.8) is 0 Å². The van der Waals surface area contributed by atoms with E-state index >= 15 is 0 Å². The highest BCUT2D eigenvalue weighted by atomic mass is 16.5. The summed E-state index contributed by atoms with van der Waals surface area (Å²) in [6.45, 7) is 10.1. The fourth-order valence-corrected chi connectivity index (χ4v) is 9.44. The smallest absolute Gasteiger partial charge is 0.305 e. The van der Waals surface area contributed by atoms with Gasteiger partial charge in [0.05, 0.1) is 13.8 Å². The number of esters is 1. The van der Waals surface area contributed by atoms with E-state index in [9.17, 15) is 9.90 Å². The first-order valence-electron chi connectivity index (χ1n) is 13.2. The van der Waals surface area contributed by atoms with E-state index in [1.807, 2.05) is 0 Å². The molecular formula is C27H47NO3. The summed E-state index contributed by atoms with van der Waals surface area (Å²) in [4.78, 5) is 11.7. The van der Waals surface area contributed by atoms with E-state index in [1.54, 1.807) is 0 Å². The quantitative estimate of drug-likeness (QED) is 0.436. The van der Waals surface area contributed by atoms with Crippen LogP contribution in [0.4, 0.5) is 0 Å². The lowest BCUT2D eigenvalue weighted by molar-refractivity contribution is -0.142. The van der Waals surface area contributed by atoms with Gasteiger partial charge in [-0.15, -0.1) is 0 Å². The van der Waals surface area contributed by atoms with Gasteiger partial charge in [-0.05, 0) is 104 Å². The van der Waals surface area contributed by atoms with Gasteiger partial charge < -0.3 is 9.84 Å². The van der Waals surface area contributed by atoms with Crippen LogP contribution in [0.25, 0.3) is 0 Å². The van der Waals surface area contributed by atoms with Crippen molar-refractivity contribution < 1.29 is 14.6 Å². The van der Waals surface area contributed by atoms with Crippen molar-refractivity contribution in [2.75, 3.05) is 13.8 Å². The molecule has 2 N–H and O–H groups in total. The van der Waals surface area contributed by atoms with Crippen LogP contribution in [0.5, 0.6) is 0 Å². The Hall–Kier alpha value is -0.610. The molecule has 0 heterocycles. The maximum Gasteiger partial charge on any atom is 0.305 e. The van der Waals surface area contributed by atoms with Crippen molar-refractivity contribution in [3.05, 3.63) is 0 Å². The molecule has 10 unspecified atom stereocenters. The lowest BCUT2D eigenvalue weighted by atomic mass is 9.43. The van der Waals surface area contributed by atoms with Crippen LogP contribution in [-0.4, -0.2) is 31.0 Å². The normalized spacial score (nSPS) is 47.7. The van der Waals surface area contributed by atoms with Gasteiger partial charge in [0.1, 0.15) is 0 Å². The van der Waals surface area contributed by atoms with Crippen LogP contribution in [0.2, 0.25) is 0 Å². The lowest BCUT2D eigenvalue weighted by Gasteiger charge is -2.63. The molecule has 0 amide bonds. The van der Waals surface area contributed by atoms with Gasteiger partial charge >= 0.3 is 5.97 Å². The molecule has 4 rings (SSSR count). The second-order valence-electron chi connectivity index (χ2n) is 12.4. The zero-order valence-corrected chi connectivity index (χ0v) is 20.7. The summed E-state index contributed by atoms with van der Waals surface area (Å²) < 4.78 is 4.90. The van der Waals surface area contributed by atoms with Gasteiger partial charge in [0.15, 0.2) is 0 Å². The summed E-state index contributed by atoms with van der Waals surface area (Å²) in [6, 6.07) is 0.465. The molecule has 4 aliphatic rings. The minimum absolute atomic E-state index is 0.0692. The summed E-state index contributed by atoms with van der Waals surface area (Å²) in [7, 11) is 1.50. The third-order valence-electron chi connectivity index (χ3n) is 11.1. The second-order valence-corrected chi connectivity index (χ2v) is 12.4. The average Bonchev–Trinajstić information content (AvgIpc) is 3.10. The molecule has 0 aromatic carbocycles. The Balaban J connectivity index is 1.57. The van der Waals surface area contributed by atoms with Crippen molar-refractivity contribution in [3.8, 4) is 0 Å². The molecule has 0 aliphatic heterocycles. The molecule has 4 fully saturated rings. The van der Waals surface area contributed by atoms with E-state index in [2.05, 4.69) is 33.0 Å². The topological polar surface area (TPSA) is 58.6 Å². The molecule has 0 spiro atoms. The van der Waals surface area contributed by atoms with E-state index in [0.717, 1.165) is 30.1 Å². The number of rotatable bonds is 6. The van der Waals surface area contributed by atoms with Crippen LogP contribution in [0.3, 0.4) is 0 Å². The predicted octanol–water partition coefficient (Wildman–Crippen LogP) is 5.39. The fourth-order valence-electron chi connectivity index (χ4n) is 9.44. The Bertz CT molecular complexity index is 652. The highest BCUT2D eigenvalue weighted by molar-refractivity contribution is 5.69. The number of ether oxygens (including phenoxy) is 1. The predicted molar refractivity (Wildman–Crippen MR) is 124 cm³/mol. The van der Waals surface area contributed by atoms with Crippen LogP contribution < -0.4 is 5.32 Å². The molecule has 4 saturated carbocycles. The zero-order valence-electron chi connectivity index (χ0n) is 20.7. The molecule has 4 aliphatic carbocycles. The first-order chi connectivity index (χ1) is 14.7. The SMILES string of the molecule is COC(=O)CCC(C)C1CCC2C3C(NCO)CC4CC(C)CCC4(C)C3CCC12C. The number of nitrogens with one attached hydrogen (secondary N) is 1. The Morgan fingerprint density at radius 3 is 2.52 bits per heavy atom. The monoisotopic (exact) mass is 433 g/mol. The zero-order chi connectivity index (χ0) is 22.4. The van der Waals surface area contributed by atoms with E-state index in [4.69, 9.17) is 4.74 Å². The number of fused-ring (bicyclic) bond motifs is 5. The molecule has 0 aromatic rings. The Morgan fingerprint density at radius 2 is 1.81 bits per heavy atom. The Morgan fingerprint density at radius 1 is 1.10 bits per heavy atom. The van der Waals surface area contributed by atoms with Gasteiger partial charge in [-0.1, -0.05) is 34.1 Å². The Kier molecular flexibility index (Phi) is 6.81. The van der Waals surface area contributed by atoms with Gasteiger partial charge in [0.2, 0.25) is 0 Å². The van der Waals surface area contributed by atoms with E-state index in [-0.39, 0.29) is 12.7 Å². The summed E-state index contributed by atoms with van der Waals surface area (Å²) in [6.07, 6.45) is 12.2. The van der Waals surface area contributed by atoms with Gasteiger partial charge in [-0.3, -0.25) is 10.1 Å². The van der Waals surface area contributed by atoms with Crippen molar-refractivity contribution in [1.82, 2.24) is 5.32 Å². The molecule has 0 radical (unpaired) electrons. The molecule has 31 heavy (non-hydrogen) atoms. The van der Waals surface area contributed by atoms with Crippen molar-refractivity contribution in [1.29, 1.82) is 0 Å². The number of methoxy groups -OCH3 is 1. The summed E-state index contributed by atoms with van der Waals surface area (Å²) in [5, 5.41) is 13.4. The molecule has 178 valence electrons. The van der Waals surface area contributed by atoms with Crippen LogP contribution >= 0.6 is 0 Å². The summed E-state index contributed by atoms with van der Waals surface area (Å²) in [5.74, 6) is 5.10. The maximum absolute atomic E-state index is 11.7. The van der Waals surface area contributed by atoms with E-state index < -0.39 is 0 Å². The van der Waals surface area contributed by atoms with E-state index in [1.165, 1.54) is 58.5 Å². The minimum Gasteiger partial charge on any atom is -0.469 e. The largest absolute Gasteiger partial charge is 0.469 e. The van der Waals surface area contributed by atoms with Crippen LogP contribution in [-0.2, 0) is 9.53 Å². The fraction of sp³-hybridized carbons (Fsp3) is 0.963. The number of aliphatic hydroxyl groups excluding tert-OH is 1. The number of carbonyl (C=O) groups excluding carboxylic acids is 1. The van der Waals surface area contributed by atoms with Gasteiger partial charge in [0, 0.05) is 12.5 Å². The number of aliphatic hydroxyl groups is 1. The second kappa shape index (κ2) is 8.97. The number of hydrogen-bond acceptors (Lipinski definition) is 4. The lowest BCUT2D eigenvalue weighted by Crippen LogP contribution is -2.61. The Labute approximate surface area is 190 Å². The van der Waals surface area contributed by atoms with Crippen LogP contribution in [0, 0.1) is 52.3 Å². The number of carbonyl (C=O) groups is 1. The van der Waals surface area contributed by atoms with E-state index in [0.29, 0.717) is 41.0 Å². The van der Waals surface area contributed by atoms with Crippen LogP contribution in [0.1, 0.15) is 91.9 Å². The molecule has 10 atom stereocenters. The van der Waals surface area contributed by atoms with Crippen LogP contribution in [0.15, 0.2) is 0 Å². The van der Waals surface area contributed by atoms with Gasteiger partial charge in [-0.2, -0.15) is 0 Å². The summed E-state index contributed by atoms with van der Waals surface area (Å²) >= 11 is 0. The highest BCUT2D eigenvalue weighted by Crippen LogP contribution is 2.68. The van der Waals surface area contributed by atoms with Gasteiger partial charge in [-0.25, -0.2) is 0 Å².